The average molecular weight is 613 g/mol. The van der Waals surface area contributed by atoms with Gasteiger partial charge in [-0.05, 0) is 48.8 Å². The quantitative estimate of drug-likeness (QED) is 0.128. The highest BCUT2D eigenvalue weighted by atomic mass is 16.5. The van der Waals surface area contributed by atoms with E-state index in [0.717, 1.165) is 28.2 Å². The molecule has 0 fully saturated rings. The number of hydrogen-bond acceptors (Lipinski definition) is 6. The van der Waals surface area contributed by atoms with Gasteiger partial charge >= 0.3 is 6.09 Å². The number of aliphatic hydroxyl groups is 2. The van der Waals surface area contributed by atoms with Gasteiger partial charge in [0.25, 0.3) is 0 Å². The van der Waals surface area contributed by atoms with Gasteiger partial charge in [-0.3, -0.25) is 4.79 Å². The summed E-state index contributed by atoms with van der Waals surface area (Å²) in [6.07, 6.45) is 0.100. The first kappa shape index (κ1) is 33.4. The third kappa shape index (κ3) is 10.3. The van der Waals surface area contributed by atoms with Crippen LogP contribution in [0.25, 0.3) is 0 Å². The van der Waals surface area contributed by atoms with E-state index in [-0.39, 0.29) is 18.4 Å². The Kier molecular flexibility index (Phi) is 12.3. The molecule has 0 aliphatic rings. The minimum atomic E-state index is -1.29. The van der Waals surface area contributed by atoms with Gasteiger partial charge in [-0.2, -0.15) is 0 Å². The maximum atomic E-state index is 13.6. The first-order chi connectivity index (χ1) is 21.7. The molecule has 0 spiro atoms. The Hall–Kier alpha value is -4.47. The number of aliphatic hydroxyl groups excluding tert-OH is 2. The monoisotopic (exact) mass is 612 g/mol. The normalized spacial score (nSPS) is 14.6. The number of nitrogens with zero attached hydrogens (tertiary/aromatic N) is 1. The maximum absolute atomic E-state index is 13.6. The van der Waals surface area contributed by atoms with Crippen molar-refractivity contribution in [2.75, 3.05) is 0 Å². The fourth-order valence-electron chi connectivity index (χ4n) is 5.22. The van der Waals surface area contributed by atoms with Gasteiger partial charge in [-0.15, -0.1) is 0 Å². The molecule has 9 heteroatoms. The molecule has 3 aromatic carbocycles. The lowest BCUT2D eigenvalue weighted by Crippen LogP contribution is -2.57. The molecule has 5 N–H and O–H groups in total. The molecule has 0 unspecified atom stereocenters. The highest BCUT2D eigenvalue weighted by Gasteiger charge is 2.32. The molecule has 5 atom stereocenters. The van der Waals surface area contributed by atoms with Crippen molar-refractivity contribution < 1.29 is 24.5 Å². The van der Waals surface area contributed by atoms with Gasteiger partial charge in [0.15, 0.2) is 0 Å². The average Bonchev–Trinajstić information content (AvgIpc) is 3.54. The van der Waals surface area contributed by atoms with Gasteiger partial charge in [0.05, 0.1) is 18.2 Å². The minimum Gasteiger partial charge on any atom is -0.445 e. The summed E-state index contributed by atoms with van der Waals surface area (Å²) in [4.78, 5) is 34.2. The van der Waals surface area contributed by atoms with Crippen molar-refractivity contribution in [1.29, 1.82) is 0 Å². The molecule has 4 aromatic rings. The number of amides is 2. The molecule has 0 saturated carbocycles. The number of H-pyrrole nitrogens is 1. The predicted octanol–water partition coefficient (Wildman–Crippen LogP) is 5.01. The van der Waals surface area contributed by atoms with E-state index in [9.17, 15) is 19.8 Å². The molecule has 0 saturated heterocycles. The van der Waals surface area contributed by atoms with Crippen LogP contribution in [0.3, 0.4) is 0 Å². The van der Waals surface area contributed by atoms with Crippen LogP contribution in [0.5, 0.6) is 0 Å². The molecule has 1 aromatic heterocycles. The second-order valence-electron chi connectivity index (χ2n) is 11.8. The highest BCUT2D eigenvalue weighted by molar-refractivity contribution is 5.86. The lowest BCUT2D eigenvalue weighted by Gasteiger charge is -2.30. The van der Waals surface area contributed by atoms with Crippen LogP contribution in [0.15, 0.2) is 97.2 Å². The van der Waals surface area contributed by atoms with Crippen LogP contribution >= 0.6 is 0 Å². The molecule has 0 bridgehead atoms. The molecule has 2 amide bonds. The fourth-order valence-corrected chi connectivity index (χ4v) is 5.22. The van der Waals surface area contributed by atoms with Crippen LogP contribution in [0.4, 0.5) is 4.79 Å². The number of aromatic amines is 1. The van der Waals surface area contributed by atoms with Crippen LogP contribution < -0.4 is 10.6 Å². The standard InChI is InChI=1S/C36H44N4O5/c1-24(2)31-22-37-34(38-31)29(19-26-13-7-4-8-14-26)21-32(42)30(20-27-15-9-5-10-16-27)39-35(43)33(25(3)41)40-36(44)45-23-28-17-11-6-12-18-28/h4-18,22,24-25,29-30,32-33,41-42H,19-21,23H2,1-3H3,(H,37,38)(H,39,43)(H,40,44)/t25-,29+,30-,32-,33-/m0/s1. The summed E-state index contributed by atoms with van der Waals surface area (Å²) in [7, 11) is 0. The van der Waals surface area contributed by atoms with Gasteiger partial charge in [0.1, 0.15) is 18.5 Å². The Morgan fingerprint density at radius 1 is 0.800 bits per heavy atom. The molecule has 238 valence electrons. The van der Waals surface area contributed by atoms with Gasteiger partial charge in [-0.25, -0.2) is 9.78 Å². The zero-order valence-corrected chi connectivity index (χ0v) is 26.1. The topological polar surface area (TPSA) is 137 Å². The number of hydrogen-bond donors (Lipinski definition) is 5. The lowest BCUT2D eigenvalue weighted by atomic mass is 9.88. The molecule has 9 nitrogen and oxygen atoms in total. The van der Waals surface area contributed by atoms with E-state index in [0.29, 0.717) is 19.3 Å². The van der Waals surface area contributed by atoms with E-state index in [2.05, 4.69) is 34.4 Å². The zero-order valence-electron chi connectivity index (χ0n) is 26.1. The SMILES string of the molecule is CC(C)c1cnc([C@H](Cc2ccccc2)C[C@H](O)[C@H](Cc2ccccc2)NC(=O)[C@@H](NC(=O)OCc2ccccc2)[C@H](C)O)[nH]1. The fraction of sp³-hybridized carbons (Fsp3) is 0.361. The summed E-state index contributed by atoms with van der Waals surface area (Å²) in [5, 5.41) is 27.6. The van der Waals surface area contributed by atoms with Gasteiger partial charge < -0.3 is 30.6 Å². The molecule has 0 aliphatic carbocycles. The van der Waals surface area contributed by atoms with E-state index in [1.165, 1.54) is 6.92 Å². The van der Waals surface area contributed by atoms with Crippen molar-refractivity contribution in [3.63, 3.8) is 0 Å². The maximum Gasteiger partial charge on any atom is 0.408 e. The van der Waals surface area contributed by atoms with Crippen LogP contribution in [0.2, 0.25) is 0 Å². The number of ether oxygens (including phenoxy) is 1. The van der Waals surface area contributed by atoms with Crippen molar-refractivity contribution in [3.05, 3.63) is 125 Å². The summed E-state index contributed by atoms with van der Waals surface area (Å²) in [6.45, 7) is 5.62. The molecule has 45 heavy (non-hydrogen) atoms. The largest absolute Gasteiger partial charge is 0.445 e. The second-order valence-corrected chi connectivity index (χ2v) is 11.8. The summed E-state index contributed by atoms with van der Waals surface area (Å²) in [6, 6.07) is 26.7. The van der Waals surface area contributed by atoms with Crippen molar-refractivity contribution in [3.8, 4) is 0 Å². The molecular formula is C36H44N4O5. The number of carbonyl (C=O) groups excluding carboxylic acids is 2. The van der Waals surface area contributed by atoms with E-state index >= 15 is 0 Å². The van der Waals surface area contributed by atoms with E-state index < -0.39 is 36.3 Å². The summed E-state index contributed by atoms with van der Waals surface area (Å²) in [5.41, 5.74) is 3.83. The second kappa shape index (κ2) is 16.6. The molecule has 4 rings (SSSR count). The van der Waals surface area contributed by atoms with E-state index in [4.69, 9.17) is 4.74 Å². The highest BCUT2D eigenvalue weighted by Crippen LogP contribution is 2.27. The third-order valence-electron chi connectivity index (χ3n) is 7.82. The first-order valence-electron chi connectivity index (χ1n) is 15.5. The van der Waals surface area contributed by atoms with Crippen LogP contribution in [-0.2, 0) is 29.0 Å². The summed E-state index contributed by atoms with van der Waals surface area (Å²) >= 11 is 0. The Morgan fingerprint density at radius 3 is 1.89 bits per heavy atom. The van der Waals surface area contributed by atoms with E-state index in [1.54, 1.807) is 0 Å². The number of rotatable bonds is 15. The van der Waals surface area contributed by atoms with Crippen molar-refractivity contribution in [2.24, 2.45) is 0 Å². The predicted molar refractivity (Wildman–Crippen MR) is 173 cm³/mol. The number of alkyl carbamates (subject to hydrolysis) is 1. The smallest absolute Gasteiger partial charge is 0.408 e. The Balaban J connectivity index is 1.51. The van der Waals surface area contributed by atoms with Gasteiger partial charge in [0.2, 0.25) is 5.91 Å². The van der Waals surface area contributed by atoms with Crippen molar-refractivity contribution in [2.45, 2.75) is 82.8 Å². The molecule has 1 heterocycles. The van der Waals surface area contributed by atoms with Crippen LogP contribution in [0.1, 0.15) is 67.2 Å². The van der Waals surface area contributed by atoms with Crippen molar-refractivity contribution >= 4 is 12.0 Å². The molecule has 0 radical (unpaired) electrons. The third-order valence-corrected chi connectivity index (χ3v) is 7.82. The first-order valence-corrected chi connectivity index (χ1v) is 15.5. The van der Waals surface area contributed by atoms with Gasteiger partial charge in [-0.1, -0.05) is 105 Å². The number of benzene rings is 3. The Morgan fingerprint density at radius 2 is 1.36 bits per heavy atom. The number of aromatic nitrogens is 2. The minimum absolute atomic E-state index is 0.0181. The number of imidazole rings is 1. The van der Waals surface area contributed by atoms with Crippen molar-refractivity contribution in [1.82, 2.24) is 20.6 Å². The summed E-state index contributed by atoms with van der Waals surface area (Å²) in [5.74, 6) is 0.254. The Labute approximate surface area is 265 Å². The lowest BCUT2D eigenvalue weighted by molar-refractivity contribution is -0.127. The van der Waals surface area contributed by atoms with Gasteiger partial charge in [0, 0.05) is 17.8 Å². The molecule has 0 aliphatic heterocycles. The van der Waals surface area contributed by atoms with E-state index in [1.807, 2.05) is 97.2 Å². The molecular weight excluding hydrogens is 568 g/mol. The number of nitrogens with one attached hydrogen (secondary N) is 3. The summed E-state index contributed by atoms with van der Waals surface area (Å²) < 4.78 is 5.28. The van der Waals surface area contributed by atoms with Crippen LogP contribution in [0, 0.1) is 0 Å². The van der Waals surface area contributed by atoms with Crippen LogP contribution in [-0.4, -0.2) is 56.5 Å². The Bertz CT molecular complexity index is 1460. The zero-order chi connectivity index (χ0) is 32.2. The number of carbonyl (C=O) groups is 2.